The molecule has 1 rings (SSSR count). The lowest BCUT2D eigenvalue weighted by atomic mass is 10.3. The number of rotatable bonds is 3. The van der Waals surface area contributed by atoms with Crippen molar-refractivity contribution in [3.8, 4) is 5.75 Å². The van der Waals surface area contributed by atoms with Crippen molar-refractivity contribution in [3.63, 3.8) is 0 Å². The Morgan fingerprint density at radius 1 is 1.05 bits per heavy atom. The highest BCUT2D eigenvalue weighted by atomic mass is 16.5. The van der Waals surface area contributed by atoms with E-state index in [-0.39, 0.29) is 5.75 Å². The van der Waals surface area contributed by atoms with E-state index in [2.05, 4.69) is 5.32 Å². The minimum absolute atomic E-state index is 0.190. The Bertz CT molecular complexity index is 528. The lowest BCUT2D eigenvalue weighted by Gasteiger charge is -2.13. The molecule has 0 aliphatic carbocycles. The quantitative estimate of drug-likeness (QED) is 0.290. The number of esters is 1. The minimum Gasteiger partial charge on any atom is -0.474 e. The molecule has 0 spiro atoms. The molecule has 0 fully saturated rings. The maximum Gasteiger partial charge on any atom is 0.402 e. The van der Waals surface area contributed by atoms with E-state index >= 15 is 0 Å². The topological polar surface area (TPSA) is 122 Å². The van der Waals surface area contributed by atoms with Crippen LogP contribution in [0, 0.1) is 0 Å². The normalized spacial score (nSPS) is 11.1. The van der Waals surface area contributed by atoms with Crippen LogP contribution >= 0.6 is 0 Å². The van der Waals surface area contributed by atoms with Gasteiger partial charge in [0, 0.05) is 0 Å². The number of amides is 2. The molecule has 8 nitrogen and oxygen atoms in total. The third-order valence-electron chi connectivity index (χ3n) is 2.03. The highest BCUT2D eigenvalue weighted by Gasteiger charge is 2.21. The molecule has 8 heteroatoms. The third kappa shape index (κ3) is 4.77. The Morgan fingerprint density at radius 3 is 2.15 bits per heavy atom. The zero-order chi connectivity index (χ0) is 15.1. The Balaban J connectivity index is 2.48. The van der Waals surface area contributed by atoms with Gasteiger partial charge in [0.2, 0.25) is 0 Å². The van der Waals surface area contributed by atoms with Crippen LogP contribution in [0.15, 0.2) is 30.3 Å². The van der Waals surface area contributed by atoms with Crippen molar-refractivity contribution in [2.75, 3.05) is 0 Å². The second-order valence-corrected chi connectivity index (χ2v) is 3.68. The first kappa shape index (κ1) is 15.2. The first-order valence-corrected chi connectivity index (χ1v) is 5.51. The first-order chi connectivity index (χ1) is 9.40. The monoisotopic (exact) mass is 280 g/mol. The molecule has 0 heterocycles. The first-order valence-electron chi connectivity index (χ1n) is 5.51. The van der Waals surface area contributed by atoms with Crippen molar-refractivity contribution in [1.29, 1.82) is 0 Å². The van der Waals surface area contributed by atoms with Crippen LogP contribution in [-0.2, 0) is 19.2 Å². The molecule has 1 unspecified atom stereocenters. The summed E-state index contributed by atoms with van der Waals surface area (Å²) in [4.78, 5) is 43.9. The number of ether oxygens (including phenoxy) is 1. The summed E-state index contributed by atoms with van der Waals surface area (Å²) in [6.07, 6.45) is -1.03. The average Bonchev–Trinajstić information content (AvgIpc) is 2.39. The SMILES string of the molecule is CC(NC(=O)C(=O)O)NC(=O)C(=O)Oc1ccccc1. The fourth-order valence-electron chi connectivity index (χ4n) is 1.19. The van der Waals surface area contributed by atoms with Crippen molar-refractivity contribution < 1.29 is 29.0 Å². The number of hydrogen-bond acceptors (Lipinski definition) is 5. The number of hydrogen-bond donors (Lipinski definition) is 3. The Labute approximate surface area is 113 Å². The maximum absolute atomic E-state index is 11.4. The van der Waals surface area contributed by atoms with E-state index in [0.717, 1.165) is 0 Å². The zero-order valence-corrected chi connectivity index (χ0v) is 10.5. The maximum atomic E-state index is 11.4. The molecule has 0 aromatic heterocycles. The van der Waals surface area contributed by atoms with Gasteiger partial charge in [-0.25, -0.2) is 9.59 Å². The fourth-order valence-corrected chi connectivity index (χ4v) is 1.19. The molecule has 0 saturated heterocycles. The van der Waals surface area contributed by atoms with Gasteiger partial charge in [0.25, 0.3) is 0 Å². The highest BCUT2D eigenvalue weighted by molar-refractivity contribution is 6.33. The predicted octanol–water partition coefficient (Wildman–Crippen LogP) is -0.745. The van der Waals surface area contributed by atoms with Gasteiger partial charge in [0.05, 0.1) is 6.17 Å². The van der Waals surface area contributed by atoms with E-state index in [0.29, 0.717) is 0 Å². The van der Waals surface area contributed by atoms with E-state index in [1.54, 1.807) is 18.2 Å². The summed E-state index contributed by atoms with van der Waals surface area (Å²) in [6, 6.07) is 7.93. The van der Waals surface area contributed by atoms with Crippen molar-refractivity contribution in [3.05, 3.63) is 30.3 Å². The van der Waals surface area contributed by atoms with Crippen molar-refractivity contribution in [2.24, 2.45) is 0 Å². The number of benzene rings is 1. The van der Waals surface area contributed by atoms with E-state index in [1.165, 1.54) is 19.1 Å². The van der Waals surface area contributed by atoms with Gasteiger partial charge in [0.15, 0.2) is 0 Å². The highest BCUT2D eigenvalue weighted by Crippen LogP contribution is 2.08. The van der Waals surface area contributed by atoms with Gasteiger partial charge in [0.1, 0.15) is 5.75 Å². The summed E-state index contributed by atoms with van der Waals surface area (Å²) in [5.74, 6) is -5.08. The van der Waals surface area contributed by atoms with Crippen LogP contribution < -0.4 is 15.4 Å². The molecular weight excluding hydrogens is 268 g/mol. The number of carboxylic acid groups (broad SMARTS) is 1. The number of carbonyl (C=O) groups excluding carboxylic acids is 3. The standard InChI is InChI=1S/C12H12N2O6/c1-7(13-9(15)11(17)18)14-10(16)12(19)20-8-5-3-2-4-6-8/h2-7H,1H3,(H,13,15)(H,14,16)(H,17,18). The largest absolute Gasteiger partial charge is 0.474 e. The van der Waals surface area contributed by atoms with Crippen molar-refractivity contribution in [1.82, 2.24) is 10.6 Å². The van der Waals surface area contributed by atoms with Gasteiger partial charge in [-0.2, -0.15) is 0 Å². The summed E-state index contributed by atoms with van der Waals surface area (Å²) < 4.78 is 4.75. The molecule has 1 aromatic carbocycles. The van der Waals surface area contributed by atoms with Crippen LogP contribution in [0.2, 0.25) is 0 Å². The molecule has 2 amide bonds. The number of para-hydroxylation sites is 1. The second-order valence-electron chi connectivity index (χ2n) is 3.68. The molecule has 1 atom stereocenters. The van der Waals surface area contributed by atoms with Crippen LogP contribution in [0.1, 0.15) is 6.92 Å². The van der Waals surface area contributed by atoms with Gasteiger partial charge >= 0.3 is 23.8 Å². The predicted molar refractivity (Wildman–Crippen MR) is 65.5 cm³/mol. The second kappa shape index (κ2) is 6.88. The Kier molecular flexibility index (Phi) is 5.21. The molecule has 3 N–H and O–H groups in total. The summed E-state index contributed by atoms with van der Waals surface area (Å²) in [5.41, 5.74) is 0. The molecule has 0 saturated carbocycles. The van der Waals surface area contributed by atoms with Crippen LogP contribution in [-0.4, -0.2) is 35.0 Å². The van der Waals surface area contributed by atoms with E-state index in [1.807, 2.05) is 5.32 Å². The molecule has 0 bridgehead atoms. The fraction of sp³-hybridized carbons (Fsp3) is 0.167. The molecule has 1 aromatic rings. The van der Waals surface area contributed by atoms with E-state index in [4.69, 9.17) is 9.84 Å². The van der Waals surface area contributed by atoms with Gasteiger partial charge < -0.3 is 20.5 Å². The minimum atomic E-state index is -1.70. The van der Waals surface area contributed by atoms with Gasteiger partial charge in [-0.05, 0) is 19.1 Å². The smallest absolute Gasteiger partial charge is 0.402 e. The summed E-state index contributed by atoms with van der Waals surface area (Å²) >= 11 is 0. The van der Waals surface area contributed by atoms with Gasteiger partial charge in [-0.3, -0.25) is 9.59 Å². The van der Waals surface area contributed by atoms with E-state index in [9.17, 15) is 19.2 Å². The lowest BCUT2D eigenvalue weighted by Crippen LogP contribution is -2.50. The van der Waals surface area contributed by atoms with Crippen LogP contribution in [0.3, 0.4) is 0 Å². The van der Waals surface area contributed by atoms with E-state index < -0.39 is 29.9 Å². The lowest BCUT2D eigenvalue weighted by molar-refractivity contribution is -0.151. The summed E-state index contributed by atoms with van der Waals surface area (Å²) in [5, 5.41) is 12.4. The average molecular weight is 280 g/mol. The molecule has 0 aliphatic heterocycles. The van der Waals surface area contributed by atoms with Crippen molar-refractivity contribution in [2.45, 2.75) is 13.1 Å². The summed E-state index contributed by atoms with van der Waals surface area (Å²) in [6.45, 7) is 1.30. The molecule has 106 valence electrons. The van der Waals surface area contributed by atoms with Gasteiger partial charge in [-0.1, -0.05) is 18.2 Å². The molecule has 0 aliphatic rings. The van der Waals surface area contributed by atoms with Crippen LogP contribution in [0.5, 0.6) is 5.75 Å². The third-order valence-corrected chi connectivity index (χ3v) is 2.03. The molecule has 0 radical (unpaired) electrons. The van der Waals surface area contributed by atoms with Crippen LogP contribution in [0.25, 0.3) is 0 Å². The summed E-state index contributed by atoms with van der Waals surface area (Å²) in [7, 11) is 0. The van der Waals surface area contributed by atoms with Crippen molar-refractivity contribution >= 4 is 23.8 Å². The van der Waals surface area contributed by atoms with Gasteiger partial charge in [-0.15, -0.1) is 0 Å². The number of aliphatic carboxylic acids is 1. The zero-order valence-electron chi connectivity index (χ0n) is 10.5. The Morgan fingerprint density at radius 2 is 1.60 bits per heavy atom. The number of carboxylic acids is 1. The molecule has 20 heavy (non-hydrogen) atoms. The number of nitrogens with one attached hydrogen (secondary N) is 2. The van der Waals surface area contributed by atoms with Crippen LogP contribution in [0.4, 0.5) is 0 Å². The molecular formula is C12H12N2O6. The Hall–Kier alpha value is -2.90. The number of carbonyl (C=O) groups is 4.